The predicted octanol–water partition coefficient (Wildman–Crippen LogP) is 3.33. The second-order valence-corrected chi connectivity index (χ2v) is 6.50. The molecule has 0 saturated heterocycles. The van der Waals surface area contributed by atoms with Gasteiger partial charge in [-0.05, 0) is 57.6 Å². The van der Waals surface area contributed by atoms with Crippen molar-refractivity contribution in [3.63, 3.8) is 0 Å². The summed E-state index contributed by atoms with van der Waals surface area (Å²) in [6.45, 7) is 0.130. The number of furan rings is 1. The standard InChI is InChI=1S/C18H13IN2O4/c19-17-6-5-13(24-17)9-20-21-18(22)16-10-23-14-7-11-3-1-2-4-12(11)8-15(14)25-16/h1-9,16H,10H2,(H,21,22)/b20-9+/t16-/m0/s1. The number of rotatable bonds is 3. The molecule has 0 spiro atoms. The molecule has 0 saturated carbocycles. The number of hydrogen-bond donors (Lipinski definition) is 1. The van der Waals surface area contributed by atoms with E-state index in [0.29, 0.717) is 17.3 Å². The van der Waals surface area contributed by atoms with Crippen LogP contribution < -0.4 is 14.9 Å². The Labute approximate surface area is 156 Å². The van der Waals surface area contributed by atoms with Crippen LogP contribution in [0.25, 0.3) is 10.8 Å². The third-order valence-corrected chi connectivity index (χ3v) is 4.30. The van der Waals surface area contributed by atoms with Gasteiger partial charge < -0.3 is 13.9 Å². The first-order valence-corrected chi connectivity index (χ1v) is 8.67. The maximum absolute atomic E-state index is 12.2. The molecule has 0 radical (unpaired) electrons. The van der Waals surface area contributed by atoms with E-state index in [1.54, 1.807) is 6.07 Å². The van der Waals surface area contributed by atoms with Crippen molar-refractivity contribution in [1.82, 2.24) is 5.43 Å². The number of halogens is 1. The lowest BCUT2D eigenvalue weighted by Gasteiger charge is -2.25. The molecule has 3 aromatic rings. The molecule has 0 aliphatic carbocycles. The highest BCUT2D eigenvalue weighted by Crippen LogP contribution is 2.35. The summed E-state index contributed by atoms with van der Waals surface area (Å²) >= 11 is 2.05. The largest absolute Gasteiger partial charge is 0.485 e. The first-order valence-electron chi connectivity index (χ1n) is 7.59. The average Bonchev–Trinajstić information content (AvgIpc) is 3.04. The maximum Gasteiger partial charge on any atom is 0.284 e. The highest BCUT2D eigenvalue weighted by Gasteiger charge is 2.27. The second-order valence-electron chi connectivity index (χ2n) is 5.44. The normalized spacial score (nSPS) is 16.3. The summed E-state index contributed by atoms with van der Waals surface area (Å²) in [6.07, 6.45) is 0.674. The molecule has 7 heteroatoms. The van der Waals surface area contributed by atoms with Crippen LogP contribution in [0.3, 0.4) is 0 Å². The molecule has 25 heavy (non-hydrogen) atoms. The summed E-state index contributed by atoms with van der Waals surface area (Å²) in [5.41, 5.74) is 2.44. The molecule has 126 valence electrons. The molecule has 1 atom stereocenters. The number of benzene rings is 2. The minimum Gasteiger partial charge on any atom is -0.485 e. The lowest BCUT2D eigenvalue weighted by Crippen LogP contribution is -2.42. The van der Waals surface area contributed by atoms with Gasteiger partial charge in [-0.1, -0.05) is 24.3 Å². The monoisotopic (exact) mass is 448 g/mol. The van der Waals surface area contributed by atoms with Crippen LogP contribution in [0.2, 0.25) is 0 Å². The zero-order valence-electron chi connectivity index (χ0n) is 12.9. The van der Waals surface area contributed by atoms with Crippen molar-refractivity contribution in [1.29, 1.82) is 0 Å². The minimum absolute atomic E-state index is 0.130. The van der Waals surface area contributed by atoms with Gasteiger partial charge in [-0.15, -0.1) is 0 Å². The van der Waals surface area contributed by atoms with Crippen LogP contribution in [-0.4, -0.2) is 24.8 Å². The summed E-state index contributed by atoms with van der Waals surface area (Å²) in [7, 11) is 0. The first-order chi connectivity index (χ1) is 12.2. The summed E-state index contributed by atoms with van der Waals surface area (Å²) in [5, 5.41) is 5.96. The SMILES string of the molecule is O=C(N/N=C/c1ccc(I)o1)[C@@H]1COc2cc3ccccc3cc2O1. The van der Waals surface area contributed by atoms with E-state index >= 15 is 0 Å². The van der Waals surface area contributed by atoms with Crippen molar-refractivity contribution in [2.75, 3.05) is 6.61 Å². The van der Waals surface area contributed by atoms with Gasteiger partial charge in [0, 0.05) is 0 Å². The van der Waals surface area contributed by atoms with Gasteiger partial charge in [0.05, 0.1) is 6.21 Å². The van der Waals surface area contributed by atoms with Crippen LogP contribution in [0.5, 0.6) is 11.5 Å². The quantitative estimate of drug-likeness (QED) is 0.379. The van der Waals surface area contributed by atoms with Crippen molar-refractivity contribution >= 4 is 45.5 Å². The number of nitrogens with one attached hydrogen (secondary N) is 1. The van der Waals surface area contributed by atoms with Gasteiger partial charge in [-0.25, -0.2) is 5.43 Å². The number of amides is 1. The first kappa shape index (κ1) is 15.9. The third-order valence-electron chi connectivity index (χ3n) is 3.72. The zero-order valence-corrected chi connectivity index (χ0v) is 15.1. The molecule has 1 N–H and O–H groups in total. The van der Waals surface area contributed by atoms with Crippen LogP contribution in [0.4, 0.5) is 0 Å². The molecule has 1 aliphatic heterocycles. The van der Waals surface area contributed by atoms with Gasteiger partial charge >= 0.3 is 0 Å². The molecule has 2 heterocycles. The highest BCUT2D eigenvalue weighted by molar-refractivity contribution is 14.1. The fourth-order valence-electron chi connectivity index (χ4n) is 2.51. The molecule has 1 aliphatic rings. The molecule has 1 amide bonds. The Morgan fingerprint density at radius 3 is 2.64 bits per heavy atom. The van der Waals surface area contributed by atoms with E-state index in [9.17, 15) is 4.79 Å². The highest BCUT2D eigenvalue weighted by atomic mass is 127. The molecule has 6 nitrogen and oxygen atoms in total. The summed E-state index contributed by atoms with van der Waals surface area (Å²) in [6, 6.07) is 15.3. The number of carbonyl (C=O) groups excluding carboxylic acids is 1. The number of ether oxygens (including phenoxy) is 2. The van der Waals surface area contributed by atoms with Crippen molar-refractivity contribution in [3.05, 3.63) is 58.1 Å². The van der Waals surface area contributed by atoms with Crippen LogP contribution >= 0.6 is 22.6 Å². The lowest BCUT2D eigenvalue weighted by atomic mass is 10.1. The minimum atomic E-state index is -0.762. The summed E-state index contributed by atoms with van der Waals surface area (Å²) < 4.78 is 17.5. The Hall–Kier alpha value is -2.55. The maximum atomic E-state index is 12.2. The summed E-state index contributed by atoms with van der Waals surface area (Å²) in [4.78, 5) is 12.2. The van der Waals surface area contributed by atoms with Gasteiger partial charge in [0.25, 0.3) is 5.91 Å². The molecule has 0 bridgehead atoms. The van der Waals surface area contributed by atoms with Gasteiger partial charge in [-0.2, -0.15) is 5.10 Å². The Morgan fingerprint density at radius 1 is 1.16 bits per heavy atom. The summed E-state index contributed by atoms with van der Waals surface area (Å²) in [5.74, 6) is 1.37. The van der Waals surface area contributed by atoms with Crippen LogP contribution in [-0.2, 0) is 4.79 Å². The molecular weight excluding hydrogens is 435 g/mol. The van der Waals surface area contributed by atoms with E-state index in [2.05, 4.69) is 33.1 Å². The van der Waals surface area contributed by atoms with E-state index in [-0.39, 0.29) is 12.5 Å². The van der Waals surface area contributed by atoms with Gasteiger partial charge in [0.15, 0.2) is 15.3 Å². The van der Waals surface area contributed by atoms with E-state index in [0.717, 1.165) is 14.5 Å². The van der Waals surface area contributed by atoms with E-state index in [1.807, 2.05) is 42.5 Å². The topological polar surface area (TPSA) is 73.1 Å². The second kappa shape index (κ2) is 6.75. The molecule has 2 aromatic carbocycles. The molecule has 0 unspecified atom stereocenters. The number of hydrazone groups is 1. The van der Waals surface area contributed by atoms with E-state index in [1.165, 1.54) is 6.21 Å². The van der Waals surface area contributed by atoms with Crippen molar-refractivity contribution in [3.8, 4) is 11.5 Å². The molecule has 1 aromatic heterocycles. The Kier molecular flexibility index (Phi) is 4.31. The predicted molar refractivity (Wildman–Crippen MR) is 101 cm³/mol. The van der Waals surface area contributed by atoms with Gasteiger partial charge in [-0.3, -0.25) is 4.79 Å². The number of nitrogens with zero attached hydrogens (tertiary/aromatic N) is 1. The fourth-order valence-corrected chi connectivity index (χ4v) is 2.95. The number of fused-ring (bicyclic) bond motifs is 2. The van der Waals surface area contributed by atoms with E-state index < -0.39 is 6.10 Å². The lowest BCUT2D eigenvalue weighted by molar-refractivity contribution is -0.130. The van der Waals surface area contributed by atoms with Gasteiger partial charge in [0.1, 0.15) is 12.4 Å². The van der Waals surface area contributed by atoms with E-state index in [4.69, 9.17) is 13.9 Å². The molecular formula is C18H13IN2O4. The fraction of sp³-hybridized carbons (Fsp3) is 0.111. The van der Waals surface area contributed by atoms with Crippen molar-refractivity contribution < 1.29 is 18.7 Å². The third kappa shape index (κ3) is 3.46. The Balaban J connectivity index is 1.45. The van der Waals surface area contributed by atoms with Crippen LogP contribution in [0, 0.1) is 3.77 Å². The van der Waals surface area contributed by atoms with Crippen molar-refractivity contribution in [2.45, 2.75) is 6.10 Å². The number of hydrogen-bond acceptors (Lipinski definition) is 5. The zero-order chi connectivity index (χ0) is 17.2. The smallest absolute Gasteiger partial charge is 0.284 e. The van der Waals surface area contributed by atoms with Crippen LogP contribution in [0.15, 0.2) is 58.0 Å². The van der Waals surface area contributed by atoms with Gasteiger partial charge in [0.2, 0.25) is 6.10 Å². The molecule has 4 rings (SSSR count). The molecule has 0 fully saturated rings. The Morgan fingerprint density at radius 2 is 1.92 bits per heavy atom. The van der Waals surface area contributed by atoms with Crippen LogP contribution in [0.1, 0.15) is 5.76 Å². The Bertz CT molecular complexity index is 967. The van der Waals surface area contributed by atoms with Crippen molar-refractivity contribution in [2.24, 2.45) is 5.10 Å². The average molecular weight is 448 g/mol. The number of carbonyl (C=O) groups is 1.